The highest BCUT2D eigenvalue weighted by atomic mass is 16.5. The second-order valence-electron chi connectivity index (χ2n) is 5.86. The van der Waals surface area contributed by atoms with Gasteiger partial charge in [0.05, 0.1) is 24.2 Å². The molecule has 2 aromatic heterocycles. The van der Waals surface area contributed by atoms with Gasteiger partial charge in [-0.3, -0.25) is 4.98 Å². The van der Waals surface area contributed by atoms with E-state index in [1.807, 2.05) is 18.2 Å². The van der Waals surface area contributed by atoms with Gasteiger partial charge in [0.2, 0.25) is 5.88 Å². The zero-order valence-corrected chi connectivity index (χ0v) is 12.5. The molecule has 1 aliphatic rings. The summed E-state index contributed by atoms with van der Waals surface area (Å²) in [5, 5.41) is 10.5. The molecule has 2 aromatic rings. The molecule has 0 amide bonds. The Kier molecular flexibility index (Phi) is 4.34. The van der Waals surface area contributed by atoms with Gasteiger partial charge in [-0.1, -0.05) is 19.3 Å². The average molecular weight is 286 g/mol. The van der Waals surface area contributed by atoms with Crippen LogP contribution in [0, 0.1) is 5.92 Å². The number of fused-ring (bicyclic) bond motifs is 1. The van der Waals surface area contributed by atoms with E-state index in [9.17, 15) is 5.11 Å². The Labute approximate surface area is 125 Å². The predicted octanol–water partition coefficient (Wildman–Crippen LogP) is 3.12. The van der Waals surface area contributed by atoms with E-state index < -0.39 is 0 Å². The molecule has 0 aromatic carbocycles. The molecule has 2 heterocycles. The molecule has 1 fully saturated rings. The number of nitrogens with zero attached hydrogens (tertiary/aromatic N) is 2. The summed E-state index contributed by atoms with van der Waals surface area (Å²) >= 11 is 0. The van der Waals surface area contributed by atoms with Crippen LogP contribution >= 0.6 is 0 Å². The molecule has 4 heteroatoms. The van der Waals surface area contributed by atoms with Crippen molar-refractivity contribution in [2.24, 2.45) is 5.92 Å². The van der Waals surface area contributed by atoms with Crippen molar-refractivity contribution in [2.75, 3.05) is 7.11 Å². The van der Waals surface area contributed by atoms with Crippen LogP contribution in [0.3, 0.4) is 0 Å². The quantitative estimate of drug-likeness (QED) is 0.938. The molecule has 21 heavy (non-hydrogen) atoms. The summed E-state index contributed by atoms with van der Waals surface area (Å²) in [5.74, 6) is 1.01. The van der Waals surface area contributed by atoms with Crippen LogP contribution in [0.5, 0.6) is 5.88 Å². The summed E-state index contributed by atoms with van der Waals surface area (Å²) in [5.41, 5.74) is 2.74. The maximum Gasteiger partial charge on any atom is 0.213 e. The summed E-state index contributed by atoms with van der Waals surface area (Å²) in [6.45, 7) is 0. The van der Waals surface area contributed by atoms with E-state index >= 15 is 0 Å². The van der Waals surface area contributed by atoms with Crippen molar-refractivity contribution in [1.29, 1.82) is 0 Å². The van der Waals surface area contributed by atoms with Gasteiger partial charge in [-0.15, -0.1) is 0 Å². The fourth-order valence-corrected chi connectivity index (χ4v) is 3.25. The molecule has 112 valence electrons. The van der Waals surface area contributed by atoms with E-state index in [0.29, 0.717) is 18.2 Å². The molecule has 0 aliphatic heterocycles. The first-order valence-electron chi connectivity index (χ1n) is 7.74. The molecule has 0 bridgehead atoms. The molecule has 1 atom stereocenters. The van der Waals surface area contributed by atoms with Gasteiger partial charge >= 0.3 is 0 Å². The fraction of sp³-hybridized carbons (Fsp3) is 0.529. The molecule has 0 unspecified atom stereocenters. The topological polar surface area (TPSA) is 55.2 Å². The molecule has 1 aliphatic carbocycles. The van der Waals surface area contributed by atoms with E-state index in [-0.39, 0.29) is 6.10 Å². The minimum Gasteiger partial charge on any atom is -0.481 e. The zero-order valence-electron chi connectivity index (χ0n) is 12.5. The third-order valence-electron chi connectivity index (χ3n) is 4.47. The Bertz CT molecular complexity index is 609. The van der Waals surface area contributed by atoms with Crippen molar-refractivity contribution in [1.82, 2.24) is 9.97 Å². The van der Waals surface area contributed by atoms with Crippen LogP contribution in [-0.4, -0.2) is 28.3 Å². The monoisotopic (exact) mass is 286 g/mol. The van der Waals surface area contributed by atoms with Crippen LogP contribution in [0.25, 0.3) is 11.0 Å². The summed E-state index contributed by atoms with van der Waals surface area (Å²) < 4.78 is 5.20. The van der Waals surface area contributed by atoms with Gasteiger partial charge in [0.15, 0.2) is 0 Å². The number of hydrogen-bond acceptors (Lipinski definition) is 4. The Hall–Kier alpha value is -1.68. The van der Waals surface area contributed by atoms with Crippen LogP contribution in [0.4, 0.5) is 0 Å². The number of hydrogen-bond donors (Lipinski definition) is 1. The van der Waals surface area contributed by atoms with Gasteiger partial charge < -0.3 is 9.84 Å². The van der Waals surface area contributed by atoms with Gasteiger partial charge in [-0.25, -0.2) is 4.98 Å². The lowest BCUT2D eigenvalue weighted by Crippen LogP contribution is -2.25. The normalized spacial score (nSPS) is 17.8. The lowest BCUT2D eigenvalue weighted by molar-refractivity contribution is 0.0853. The van der Waals surface area contributed by atoms with E-state index in [1.165, 1.54) is 19.3 Å². The Morgan fingerprint density at radius 3 is 2.81 bits per heavy atom. The van der Waals surface area contributed by atoms with Crippen LogP contribution in [0.1, 0.15) is 37.7 Å². The van der Waals surface area contributed by atoms with Gasteiger partial charge in [0.25, 0.3) is 0 Å². The van der Waals surface area contributed by atoms with Crippen molar-refractivity contribution in [3.05, 3.63) is 30.0 Å². The molecule has 0 radical (unpaired) electrons. The van der Waals surface area contributed by atoms with Crippen molar-refractivity contribution in [3.63, 3.8) is 0 Å². The smallest absolute Gasteiger partial charge is 0.213 e. The summed E-state index contributed by atoms with van der Waals surface area (Å²) in [6.07, 6.45) is 8.21. The predicted molar refractivity (Wildman–Crippen MR) is 82.4 cm³/mol. The minimum atomic E-state index is -0.288. The molecular weight excluding hydrogens is 264 g/mol. The summed E-state index contributed by atoms with van der Waals surface area (Å²) in [4.78, 5) is 8.83. The van der Waals surface area contributed by atoms with E-state index in [0.717, 1.165) is 29.4 Å². The summed E-state index contributed by atoms with van der Waals surface area (Å²) in [6, 6.07) is 5.69. The van der Waals surface area contributed by atoms with Crippen molar-refractivity contribution < 1.29 is 9.84 Å². The highest BCUT2D eigenvalue weighted by Gasteiger charge is 2.22. The van der Waals surface area contributed by atoms with Gasteiger partial charge in [0, 0.05) is 18.7 Å². The fourth-order valence-electron chi connectivity index (χ4n) is 3.25. The van der Waals surface area contributed by atoms with Crippen molar-refractivity contribution in [2.45, 2.75) is 44.6 Å². The zero-order chi connectivity index (χ0) is 14.7. The Morgan fingerprint density at radius 1 is 1.24 bits per heavy atom. The molecule has 3 rings (SSSR count). The number of methoxy groups -OCH3 is 1. The first-order valence-corrected chi connectivity index (χ1v) is 7.74. The third-order valence-corrected chi connectivity index (χ3v) is 4.47. The first-order chi connectivity index (χ1) is 10.3. The Balaban J connectivity index is 1.85. The van der Waals surface area contributed by atoms with Crippen LogP contribution in [0.15, 0.2) is 24.4 Å². The average Bonchev–Trinajstić information content (AvgIpc) is 2.55. The highest BCUT2D eigenvalue weighted by molar-refractivity contribution is 5.78. The largest absolute Gasteiger partial charge is 0.481 e. The number of ether oxygens (including phenoxy) is 1. The molecular formula is C17H22N2O2. The molecule has 0 spiro atoms. The molecule has 1 saturated carbocycles. The molecule has 4 nitrogen and oxygen atoms in total. The van der Waals surface area contributed by atoms with E-state index in [4.69, 9.17) is 4.74 Å². The van der Waals surface area contributed by atoms with Crippen LogP contribution in [-0.2, 0) is 6.42 Å². The second-order valence-corrected chi connectivity index (χ2v) is 5.86. The number of aliphatic hydroxyl groups excluding tert-OH is 1. The molecule has 0 saturated heterocycles. The number of rotatable bonds is 4. The maximum atomic E-state index is 10.5. The van der Waals surface area contributed by atoms with Gasteiger partial charge in [0.1, 0.15) is 0 Å². The van der Waals surface area contributed by atoms with Crippen molar-refractivity contribution in [3.8, 4) is 5.88 Å². The van der Waals surface area contributed by atoms with Gasteiger partial charge in [-0.05, 0) is 36.5 Å². The number of pyridine rings is 2. The van der Waals surface area contributed by atoms with E-state index in [2.05, 4.69) is 9.97 Å². The molecule has 1 N–H and O–H groups in total. The maximum absolute atomic E-state index is 10.5. The first kappa shape index (κ1) is 14.3. The van der Waals surface area contributed by atoms with Crippen LogP contribution in [0.2, 0.25) is 0 Å². The second kappa shape index (κ2) is 6.39. The lowest BCUT2D eigenvalue weighted by Gasteiger charge is -2.26. The number of aliphatic hydroxyl groups is 1. The lowest BCUT2D eigenvalue weighted by atomic mass is 9.83. The number of aromatic nitrogens is 2. The van der Waals surface area contributed by atoms with Crippen LogP contribution < -0.4 is 4.74 Å². The SMILES string of the molecule is COc1ccc2nccc(C[C@H](O)C3CCCCC3)c2n1. The standard InChI is InChI=1S/C17H22N2O2/c1-21-16-8-7-14-17(19-16)13(9-10-18-14)11-15(20)12-5-3-2-4-6-12/h7-10,12,15,20H,2-6,11H2,1H3/t15-/m0/s1. The summed E-state index contributed by atoms with van der Waals surface area (Å²) in [7, 11) is 1.61. The minimum absolute atomic E-state index is 0.288. The Morgan fingerprint density at radius 2 is 2.05 bits per heavy atom. The van der Waals surface area contributed by atoms with E-state index in [1.54, 1.807) is 13.3 Å². The third kappa shape index (κ3) is 3.16. The highest BCUT2D eigenvalue weighted by Crippen LogP contribution is 2.29. The van der Waals surface area contributed by atoms with Crippen molar-refractivity contribution >= 4 is 11.0 Å². The van der Waals surface area contributed by atoms with Gasteiger partial charge in [-0.2, -0.15) is 0 Å².